The van der Waals surface area contributed by atoms with E-state index in [1.54, 1.807) is 4.90 Å². The molecule has 7 nitrogen and oxygen atoms in total. The first-order valence-corrected chi connectivity index (χ1v) is 9.04. The lowest BCUT2D eigenvalue weighted by Gasteiger charge is -2.30. The van der Waals surface area contributed by atoms with E-state index >= 15 is 0 Å². The highest BCUT2D eigenvalue weighted by atomic mass is 32.2. The second kappa shape index (κ2) is 3.98. The number of hydrogen-bond donors (Lipinski definition) is 1. The monoisotopic (exact) mass is 313 g/mol. The first-order chi connectivity index (χ1) is 9.84. The molecule has 0 aromatic heterocycles. The van der Waals surface area contributed by atoms with Crippen molar-refractivity contribution >= 4 is 21.8 Å². The summed E-state index contributed by atoms with van der Waals surface area (Å²) in [6.07, 6.45) is 2.69. The molecule has 4 aliphatic rings. The number of amides is 2. The minimum absolute atomic E-state index is 0.0379. The van der Waals surface area contributed by atoms with Gasteiger partial charge in [-0.15, -0.1) is 0 Å². The van der Waals surface area contributed by atoms with Crippen LogP contribution in [0.5, 0.6) is 0 Å². The van der Waals surface area contributed by atoms with Crippen molar-refractivity contribution < 1.29 is 18.0 Å². The predicted molar refractivity (Wildman–Crippen MR) is 73.7 cm³/mol. The van der Waals surface area contributed by atoms with Gasteiger partial charge in [-0.25, -0.2) is 12.7 Å². The Morgan fingerprint density at radius 3 is 2.52 bits per heavy atom. The van der Waals surface area contributed by atoms with E-state index in [0.29, 0.717) is 39.0 Å². The van der Waals surface area contributed by atoms with Crippen LogP contribution in [0, 0.1) is 5.41 Å². The van der Waals surface area contributed by atoms with E-state index in [4.69, 9.17) is 0 Å². The lowest BCUT2D eigenvalue weighted by molar-refractivity contribution is -0.139. The van der Waals surface area contributed by atoms with E-state index in [9.17, 15) is 18.0 Å². The van der Waals surface area contributed by atoms with Crippen molar-refractivity contribution in [2.45, 2.75) is 31.2 Å². The van der Waals surface area contributed by atoms with E-state index < -0.39 is 15.4 Å². The van der Waals surface area contributed by atoms with Gasteiger partial charge in [-0.05, 0) is 19.3 Å². The lowest BCUT2D eigenvalue weighted by atomic mass is 9.87. The van der Waals surface area contributed by atoms with Crippen molar-refractivity contribution in [3.8, 4) is 0 Å². The second-order valence-electron chi connectivity index (χ2n) is 6.93. The second-order valence-corrected chi connectivity index (χ2v) is 8.89. The molecular formula is C13H19N3O4S. The Morgan fingerprint density at radius 1 is 1.14 bits per heavy atom. The van der Waals surface area contributed by atoms with Gasteiger partial charge in [0.1, 0.15) is 0 Å². The zero-order valence-corrected chi connectivity index (χ0v) is 12.6. The molecule has 0 aliphatic carbocycles. The quantitative estimate of drug-likeness (QED) is 0.666. The maximum absolute atomic E-state index is 12.9. The topological polar surface area (TPSA) is 86.8 Å². The summed E-state index contributed by atoms with van der Waals surface area (Å²) in [4.78, 5) is 26.1. The maximum Gasteiger partial charge on any atom is 0.231 e. The van der Waals surface area contributed by atoms with Crippen molar-refractivity contribution in [3.05, 3.63) is 0 Å². The van der Waals surface area contributed by atoms with Crippen LogP contribution in [0.25, 0.3) is 0 Å². The standard InChI is InChI=1S/C13H19N3O4S/c17-10-1-2-13(14-10)4-5-15(8-13)11(18)12-3-6-16(7-12)21(19,20)9-12/h1-9H2,(H,14,17). The molecule has 1 spiro atoms. The number of hydrogen-bond acceptors (Lipinski definition) is 4. The molecule has 2 bridgehead atoms. The predicted octanol–water partition coefficient (Wildman–Crippen LogP) is -1.10. The number of nitrogens with one attached hydrogen (secondary N) is 1. The fourth-order valence-electron chi connectivity index (χ4n) is 4.33. The van der Waals surface area contributed by atoms with Crippen molar-refractivity contribution in [2.24, 2.45) is 5.41 Å². The molecule has 2 amide bonds. The molecule has 3 unspecified atom stereocenters. The van der Waals surface area contributed by atoms with E-state index in [0.717, 1.165) is 12.8 Å². The lowest BCUT2D eigenvalue weighted by Crippen LogP contribution is -2.49. The van der Waals surface area contributed by atoms with Crippen LogP contribution in [0.3, 0.4) is 0 Å². The van der Waals surface area contributed by atoms with Gasteiger partial charge in [0.15, 0.2) is 0 Å². The fourth-order valence-corrected chi connectivity index (χ4v) is 6.38. The minimum Gasteiger partial charge on any atom is -0.349 e. The summed E-state index contributed by atoms with van der Waals surface area (Å²) >= 11 is 0. The molecule has 21 heavy (non-hydrogen) atoms. The smallest absolute Gasteiger partial charge is 0.231 e. The summed E-state index contributed by atoms with van der Waals surface area (Å²) in [5, 5.41) is 3.00. The van der Waals surface area contributed by atoms with Crippen LogP contribution in [0.1, 0.15) is 25.7 Å². The van der Waals surface area contributed by atoms with E-state index in [1.807, 2.05) is 0 Å². The molecule has 4 saturated heterocycles. The van der Waals surface area contributed by atoms with Gasteiger partial charge in [0.05, 0.1) is 16.7 Å². The summed E-state index contributed by atoms with van der Waals surface area (Å²) in [5.41, 5.74) is -1.01. The molecular weight excluding hydrogens is 294 g/mol. The Bertz CT molecular complexity index is 633. The third-order valence-electron chi connectivity index (χ3n) is 5.50. The zero-order chi connectivity index (χ0) is 14.9. The largest absolute Gasteiger partial charge is 0.349 e. The summed E-state index contributed by atoms with van der Waals surface area (Å²) in [5.74, 6) is -0.0311. The summed E-state index contributed by atoms with van der Waals surface area (Å²) < 4.78 is 25.3. The number of likely N-dealkylation sites (tertiary alicyclic amines) is 1. The Morgan fingerprint density at radius 2 is 1.95 bits per heavy atom. The molecule has 4 heterocycles. The molecule has 3 atom stereocenters. The average molecular weight is 313 g/mol. The Hall–Kier alpha value is -1.15. The number of carbonyl (C=O) groups excluding carboxylic acids is 2. The molecule has 4 fully saturated rings. The Labute approximate surface area is 123 Å². The first kappa shape index (κ1) is 13.5. The van der Waals surface area contributed by atoms with Crippen LogP contribution in [0.2, 0.25) is 0 Å². The van der Waals surface area contributed by atoms with Gasteiger partial charge < -0.3 is 10.2 Å². The molecule has 0 saturated carbocycles. The number of carbonyl (C=O) groups is 2. The molecule has 4 rings (SSSR count). The van der Waals surface area contributed by atoms with Crippen LogP contribution in [-0.4, -0.2) is 66.9 Å². The number of fused-ring (bicyclic) bond motifs is 2. The highest BCUT2D eigenvalue weighted by molar-refractivity contribution is 7.89. The third-order valence-corrected chi connectivity index (χ3v) is 7.52. The van der Waals surface area contributed by atoms with E-state index in [2.05, 4.69) is 5.32 Å². The highest BCUT2D eigenvalue weighted by Crippen LogP contribution is 2.44. The normalized spacial score (nSPS) is 43.7. The first-order valence-electron chi connectivity index (χ1n) is 7.43. The molecule has 116 valence electrons. The van der Waals surface area contributed by atoms with Gasteiger partial charge in [-0.2, -0.15) is 0 Å². The number of rotatable bonds is 1. The molecule has 0 aromatic carbocycles. The van der Waals surface area contributed by atoms with Gasteiger partial charge in [0.25, 0.3) is 0 Å². The number of sulfonamides is 1. The molecule has 0 aromatic rings. The molecule has 8 heteroatoms. The third kappa shape index (κ3) is 1.85. The van der Waals surface area contributed by atoms with Gasteiger partial charge in [0.2, 0.25) is 21.8 Å². The van der Waals surface area contributed by atoms with Crippen LogP contribution >= 0.6 is 0 Å². The highest BCUT2D eigenvalue weighted by Gasteiger charge is 2.59. The van der Waals surface area contributed by atoms with Crippen LogP contribution in [0.15, 0.2) is 0 Å². The Balaban J connectivity index is 1.53. The molecule has 1 N–H and O–H groups in total. The van der Waals surface area contributed by atoms with Crippen LogP contribution < -0.4 is 5.32 Å². The Kier molecular flexibility index (Phi) is 2.56. The van der Waals surface area contributed by atoms with Gasteiger partial charge in [-0.3, -0.25) is 9.59 Å². The molecule has 0 radical (unpaired) electrons. The van der Waals surface area contributed by atoms with E-state index in [-0.39, 0.29) is 23.1 Å². The van der Waals surface area contributed by atoms with E-state index in [1.165, 1.54) is 4.31 Å². The summed E-state index contributed by atoms with van der Waals surface area (Å²) in [7, 11) is -3.24. The summed E-state index contributed by atoms with van der Waals surface area (Å²) in [6, 6.07) is 0. The maximum atomic E-state index is 12.9. The van der Waals surface area contributed by atoms with Gasteiger partial charge >= 0.3 is 0 Å². The summed E-state index contributed by atoms with van der Waals surface area (Å²) in [6.45, 7) is 1.94. The number of nitrogens with zero attached hydrogens (tertiary/aromatic N) is 2. The fraction of sp³-hybridized carbons (Fsp3) is 0.846. The minimum atomic E-state index is -3.24. The van der Waals surface area contributed by atoms with Gasteiger partial charge in [-0.1, -0.05) is 0 Å². The van der Waals surface area contributed by atoms with Crippen LogP contribution in [0.4, 0.5) is 0 Å². The van der Waals surface area contributed by atoms with Crippen molar-refractivity contribution in [1.29, 1.82) is 0 Å². The van der Waals surface area contributed by atoms with Crippen molar-refractivity contribution in [2.75, 3.05) is 31.9 Å². The zero-order valence-electron chi connectivity index (χ0n) is 11.8. The average Bonchev–Trinajstić information content (AvgIpc) is 3.13. The van der Waals surface area contributed by atoms with Crippen molar-refractivity contribution in [1.82, 2.24) is 14.5 Å². The van der Waals surface area contributed by atoms with Crippen LogP contribution in [-0.2, 0) is 19.6 Å². The SMILES string of the molecule is O=C1CCC2(CCN(C(=O)C34CCN(C3)S(=O)(=O)C4)C2)N1. The van der Waals surface area contributed by atoms with Crippen molar-refractivity contribution in [3.63, 3.8) is 0 Å². The molecule has 4 aliphatic heterocycles. The van der Waals surface area contributed by atoms with Gasteiger partial charge in [0, 0.05) is 32.6 Å².